The number of ether oxygens (including phenoxy) is 1. The Hall–Kier alpha value is -1.96. The third-order valence-corrected chi connectivity index (χ3v) is 5.05. The number of H-pyrrole nitrogens is 1. The third kappa shape index (κ3) is 2.01. The molecule has 1 aliphatic carbocycles. The molecule has 1 aromatic heterocycles. The van der Waals surface area contributed by atoms with Gasteiger partial charge < -0.3 is 15.0 Å². The van der Waals surface area contributed by atoms with E-state index in [9.17, 15) is 9.59 Å². The van der Waals surface area contributed by atoms with E-state index in [2.05, 4.69) is 20.7 Å². The number of hydrogen-bond donors (Lipinski definition) is 2. The lowest BCUT2D eigenvalue weighted by Gasteiger charge is -2.35. The number of fused-ring (bicyclic) bond motifs is 1. The van der Waals surface area contributed by atoms with Crippen molar-refractivity contribution in [2.45, 2.75) is 43.9 Å². The van der Waals surface area contributed by atoms with E-state index in [-0.39, 0.29) is 23.9 Å². The van der Waals surface area contributed by atoms with Gasteiger partial charge in [0.1, 0.15) is 5.60 Å². The first kappa shape index (κ1) is 13.7. The quantitative estimate of drug-likeness (QED) is 0.799. The molecule has 0 spiro atoms. The van der Waals surface area contributed by atoms with Gasteiger partial charge in [0, 0.05) is 18.6 Å². The molecule has 0 aromatic carbocycles. The van der Waals surface area contributed by atoms with Crippen molar-refractivity contribution in [1.29, 1.82) is 0 Å². The first-order valence-electron chi connectivity index (χ1n) is 7.69. The molecule has 4 heterocycles. The summed E-state index contributed by atoms with van der Waals surface area (Å²) in [4.78, 5) is 26.5. The lowest BCUT2D eigenvalue weighted by Crippen LogP contribution is -2.54. The summed E-state index contributed by atoms with van der Waals surface area (Å²) in [7, 11) is 0. The van der Waals surface area contributed by atoms with Crippen molar-refractivity contribution in [2.75, 3.05) is 13.2 Å². The Morgan fingerprint density at radius 1 is 1.50 bits per heavy atom. The predicted octanol–water partition coefficient (Wildman–Crippen LogP) is -0.297. The molecule has 1 aromatic rings. The summed E-state index contributed by atoms with van der Waals surface area (Å²) in [6.07, 6.45) is 3.83. The highest BCUT2D eigenvalue weighted by molar-refractivity contribution is 5.92. The lowest BCUT2D eigenvalue weighted by atomic mass is 9.74. The van der Waals surface area contributed by atoms with Crippen LogP contribution in [0.3, 0.4) is 0 Å². The second-order valence-corrected chi connectivity index (χ2v) is 6.65. The zero-order chi connectivity index (χ0) is 15.3. The monoisotopic (exact) mass is 305 g/mol. The fourth-order valence-corrected chi connectivity index (χ4v) is 3.82. The van der Waals surface area contributed by atoms with Crippen molar-refractivity contribution in [1.82, 2.24) is 25.6 Å². The van der Waals surface area contributed by atoms with E-state index < -0.39 is 5.60 Å². The molecule has 2 amide bonds. The van der Waals surface area contributed by atoms with E-state index in [4.69, 9.17) is 4.74 Å². The molecule has 2 atom stereocenters. The van der Waals surface area contributed by atoms with Gasteiger partial charge in [-0.1, -0.05) is 0 Å². The number of carbonyl (C=O) groups excluding carboxylic acids is 2. The number of carbonyl (C=O) groups is 2. The number of amides is 2. The minimum atomic E-state index is -0.586. The summed E-state index contributed by atoms with van der Waals surface area (Å²) in [5.41, 5.74) is -0.282. The van der Waals surface area contributed by atoms with Crippen molar-refractivity contribution in [3.8, 4) is 0 Å². The molecule has 3 aliphatic heterocycles. The van der Waals surface area contributed by atoms with Gasteiger partial charge >= 0.3 is 0 Å². The molecule has 2 bridgehead atoms. The van der Waals surface area contributed by atoms with Gasteiger partial charge in [-0.05, 0) is 32.1 Å². The molecule has 118 valence electrons. The fraction of sp³-hybridized carbons (Fsp3) is 0.714. The molecule has 8 nitrogen and oxygen atoms in total. The van der Waals surface area contributed by atoms with Gasteiger partial charge in [-0.15, -0.1) is 0 Å². The molecule has 22 heavy (non-hydrogen) atoms. The number of nitrogens with one attached hydrogen (secondary N) is 2. The summed E-state index contributed by atoms with van der Waals surface area (Å²) in [5, 5.41) is 13.0. The Kier molecular flexibility index (Phi) is 2.97. The van der Waals surface area contributed by atoms with Gasteiger partial charge in [0.25, 0.3) is 11.8 Å². The van der Waals surface area contributed by atoms with Gasteiger partial charge in [0.2, 0.25) is 0 Å². The highest BCUT2D eigenvalue weighted by Crippen LogP contribution is 2.48. The number of aromatic amines is 1. The maximum absolute atomic E-state index is 12.4. The van der Waals surface area contributed by atoms with Crippen LogP contribution in [-0.2, 0) is 9.53 Å². The van der Waals surface area contributed by atoms with Gasteiger partial charge in [-0.25, -0.2) is 0 Å². The van der Waals surface area contributed by atoms with Crippen LogP contribution < -0.4 is 5.32 Å². The topological polar surface area (TPSA) is 100 Å². The smallest absolute Gasteiger partial charge is 0.276 e. The minimum absolute atomic E-state index is 0.0193. The molecule has 5 rings (SSSR count). The van der Waals surface area contributed by atoms with Gasteiger partial charge in [0.05, 0.1) is 12.8 Å². The Morgan fingerprint density at radius 2 is 2.32 bits per heavy atom. The van der Waals surface area contributed by atoms with Crippen molar-refractivity contribution in [3.63, 3.8) is 0 Å². The number of rotatable bonds is 3. The van der Waals surface area contributed by atoms with E-state index in [1.165, 1.54) is 6.20 Å². The Balaban J connectivity index is 1.39. The van der Waals surface area contributed by atoms with Crippen LogP contribution in [0, 0.1) is 5.92 Å². The second kappa shape index (κ2) is 4.77. The van der Waals surface area contributed by atoms with Gasteiger partial charge in [-0.2, -0.15) is 15.4 Å². The van der Waals surface area contributed by atoms with Crippen LogP contribution in [0.25, 0.3) is 0 Å². The number of nitrogens with zero attached hydrogens (tertiary/aromatic N) is 3. The Morgan fingerprint density at radius 3 is 2.95 bits per heavy atom. The summed E-state index contributed by atoms with van der Waals surface area (Å²) in [6, 6.07) is 0.0293. The van der Waals surface area contributed by atoms with Crippen molar-refractivity contribution in [2.24, 2.45) is 5.92 Å². The van der Waals surface area contributed by atoms with Gasteiger partial charge in [-0.3, -0.25) is 9.59 Å². The normalized spacial score (nSPS) is 36.2. The molecule has 2 N–H and O–H groups in total. The second-order valence-electron chi connectivity index (χ2n) is 6.65. The molecule has 0 radical (unpaired) electrons. The van der Waals surface area contributed by atoms with Crippen LogP contribution in [0.15, 0.2) is 6.20 Å². The van der Waals surface area contributed by atoms with Crippen molar-refractivity contribution >= 4 is 11.8 Å². The Bertz CT molecular complexity index is 590. The largest absolute Gasteiger partial charge is 0.365 e. The van der Waals surface area contributed by atoms with E-state index >= 15 is 0 Å². The molecule has 2 unspecified atom stereocenters. The maximum Gasteiger partial charge on any atom is 0.276 e. The SMILES string of the molecule is CC1CC(NC(=O)C23CC(CO2)C3)CN1C(=O)c1cn[nH]n1. The predicted molar refractivity (Wildman–Crippen MR) is 74.8 cm³/mol. The fourth-order valence-electron chi connectivity index (χ4n) is 3.82. The lowest BCUT2D eigenvalue weighted by molar-refractivity contribution is -0.144. The summed E-state index contributed by atoms with van der Waals surface area (Å²) in [6.45, 7) is 3.18. The number of hydrogen-bond acceptors (Lipinski definition) is 5. The highest BCUT2D eigenvalue weighted by atomic mass is 16.5. The molecule has 3 saturated heterocycles. The van der Waals surface area contributed by atoms with Crippen LogP contribution in [-0.4, -0.2) is 63.0 Å². The van der Waals surface area contributed by atoms with Crippen LogP contribution in [0.5, 0.6) is 0 Å². The molecular weight excluding hydrogens is 286 g/mol. The first-order chi connectivity index (χ1) is 10.6. The van der Waals surface area contributed by atoms with E-state index in [1.54, 1.807) is 4.90 Å². The number of likely N-dealkylation sites (tertiary alicyclic amines) is 1. The zero-order valence-electron chi connectivity index (χ0n) is 12.4. The molecule has 8 heteroatoms. The first-order valence-corrected chi connectivity index (χ1v) is 7.69. The molecule has 4 aliphatic rings. The van der Waals surface area contributed by atoms with Crippen LogP contribution in [0.1, 0.15) is 36.7 Å². The van der Waals surface area contributed by atoms with Crippen molar-refractivity contribution < 1.29 is 14.3 Å². The van der Waals surface area contributed by atoms with E-state index in [1.807, 2.05) is 6.92 Å². The summed E-state index contributed by atoms with van der Waals surface area (Å²) < 4.78 is 5.63. The summed E-state index contributed by atoms with van der Waals surface area (Å²) in [5.74, 6) is 0.379. The average Bonchev–Trinajstić information content (AvgIpc) is 3.21. The Labute approximate surface area is 127 Å². The van der Waals surface area contributed by atoms with Gasteiger partial charge in [0.15, 0.2) is 5.69 Å². The molecular formula is C14H19N5O3. The van der Waals surface area contributed by atoms with E-state index in [0.29, 0.717) is 24.8 Å². The number of aromatic nitrogens is 3. The average molecular weight is 305 g/mol. The standard InChI is InChI=1S/C14H19N5O3/c1-8-2-10(6-19(8)12(20)11-5-15-18-17-11)16-13(21)14-3-9(4-14)7-22-14/h5,8-10H,2-4,6-7H2,1H3,(H,16,21)(H,15,17,18). The van der Waals surface area contributed by atoms with Crippen LogP contribution >= 0.6 is 0 Å². The minimum Gasteiger partial charge on any atom is -0.365 e. The molecule has 4 fully saturated rings. The third-order valence-electron chi connectivity index (χ3n) is 5.05. The highest BCUT2D eigenvalue weighted by Gasteiger charge is 2.57. The summed E-state index contributed by atoms with van der Waals surface area (Å²) >= 11 is 0. The van der Waals surface area contributed by atoms with Crippen LogP contribution in [0.2, 0.25) is 0 Å². The zero-order valence-corrected chi connectivity index (χ0v) is 12.4. The van der Waals surface area contributed by atoms with E-state index in [0.717, 1.165) is 19.3 Å². The van der Waals surface area contributed by atoms with Crippen LogP contribution in [0.4, 0.5) is 0 Å². The molecule has 1 saturated carbocycles. The van der Waals surface area contributed by atoms with Crippen molar-refractivity contribution in [3.05, 3.63) is 11.9 Å². The maximum atomic E-state index is 12.4.